The van der Waals surface area contributed by atoms with Gasteiger partial charge in [-0.3, -0.25) is 14.5 Å². The van der Waals surface area contributed by atoms with Gasteiger partial charge in [0.05, 0.1) is 6.42 Å². The van der Waals surface area contributed by atoms with E-state index in [1.807, 2.05) is 0 Å². The molecule has 1 atom stereocenters. The summed E-state index contributed by atoms with van der Waals surface area (Å²) >= 11 is 0. The van der Waals surface area contributed by atoms with E-state index in [9.17, 15) is 9.59 Å². The lowest BCUT2D eigenvalue weighted by Crippen LogP contribution is -2.28. The van der Waals surface area contributed by atoms with E-state index in [2.05, 4.69) is 0 Å². The van der Waals surface area contributed by atoms with Gasteiger partial charge >= 0.3 is 0 Å². The van der Waals surface area contributed by atoms with Crippen LogP contribution in [0.3, 0.4) is 0 Å². The van der Waals surface area contributed by atoms with Crippen LogP contribution in [-0.2, 0) is 14.3 Å². The molecule has 1 aliphatic heterocycles. The quantitative estimate of drug-likeness (QED) is 0.460. The van der Waals surface area contributed by atoms with Gasteiger partial charge in [0, 0.05) is 14.2 Å². The Hall–Kier alpha value is -0.900. The van der Waals surface area contributed by atoms with E-state index in [1.165, 1.54) is 14.2 Å². The van der Waals surface area contributed by atoms with Crippen LogP contribution in [-0.4, -0.2) is 37.0 Å². The van der Waals surface area contributed by atoms with Gasteiger partial charge in [-0.05, 0) is 0 Å². The molecule has 0 spiro atoms. The zero-order chi connectivity index (χ0) is 7.72. The molecule has 1 saturated heterocycles. The summed E-state index contributed by atoms with van der Waals surface area (Å²) in [4.78, 5) is 22.8. The zero-order valence-electron chi connectivity index (χ0n) is 5.96. The highest BCUT2D eigenvalue weighted by atomic mass is 16.5. The fraction of sp³-hybridized carbons (Fsp3) is 0.667. The summed E-state index contributed by atoms with van der Waals surface area (Å²) < 4.78 is 4.75. The number of rotatable bonds is 1. The summed E-state index contributed by atoms with van der Waals surface area (Å²) in [5, 5.41) is 0. The molecule has 0 aromatic carbocycles. The minimum Gasteiger partial charge on any atom is -0.371 e. The smallest absolute Gasteiger partial charge is 0.258 e. The number of hydrogen-bond acceptors (Lipinski definition) is 3. The molecule has 0 bridgehead atoms. The maximum atomic E-state index is 10.9. The first kappa shape index (κ1) is 7.21. The lowest BCUT2D eigenvalue weighted by Gasteiger charge is -2.05. The molecule has 0 N–H and O–H groups in total. The second kappa shape index (κ2) is 2.38. The highest BCUT2D eigenvalue weighted by molar-refractivity contribution is 6.04. The number of carbonyl (C=O) groups is 2. The summed E-state index contributed by atoms with van der Waals surface area (Å²) in [6.45, 7) is 0. The average Bonchev–Trinajstić information content (AvgIpc) is 2.17. The van der Waals surface area contributed by atoms with Gasteiger partial charge < -0.3 is 4.74 Å². The van der Waals surface area contributed by atoms with Crippen LogP contribution in [0.5, 0.6) is 0 Å². The number of imide groups is 1. The Morgan fingerprint density at radius 2 is 2.20 bits per heavy atom. The maximum absolute atomic E-state index is 10.9. The molecule has 0 aliphatic carbocycles. The molecule has 0 saturated carbocycles. The molecule has 4 nitrogen and oxygen atoms in total. The SMILES string of the molecule is CO[C@H]1CC(=O)N(C)C1=O. The summed E-state index contributed by atoms with van der Waals surface area (Å²) in [5.74, 6) is -0.413. The average molecular weight is 143 g/mol. The molecule has 56 valence electrons. The molecular weight excluding hydrogens is 134 g/mol. The van der Waals surface area contributed by atoms with Crippen LogP contribution in [0, 0.1) is 0 Å². The van der Waals surface area contributed by atoms with Crippen LogP contribution in [0.25, 0.3) is 0 Å². The van der Waals surface area contributed by atoms with E-state index in [-0.39, 0.29) is 18.2 Å². The largest absolute Gasteiger partial charge is 0.371 e. The number of methoxy groups -OCH3 is 1. The van der Waals surface area contributed by atoms with Gasteiger partial charge in [0.2, 0.25) is 5.91 Å². The number of carbonyl (C=O) groups excluding carboxylic acids is 2. The molecular formula is C6H9NO3. The van der Waals surface area contributed by atoms with Gasteiger partial charge in [-0.25, -0.2) is 0 Å². The highest BCUT2D eigenvalue weighted by Crippen LogP contribution is 2.12. The number of ether oxygens (including phenoxy) is 1. The van der Waals surface area contributed by atoms with Crippen molar-refractivity contribution >= 4 is 11.8 Å². The molecule has 1 fully saturated rings. The lowest BCUT2D eigenvalue weighted by molar-refractivity contribution is -0.139. The Kier molecular flexibility index (Phi) is 1.72. The number of hydrogen-bond donors (Lipinski definition) is 0. The Bertz CT molecular complexity index is 178. The van der Waals surface area contributed by atoms with Crippen LogP contribution >= 0.6 is 0 Å². The normalized spacial score (nSPS) is 26.2. The Balaban J connectivity index is 2.71. The second-order valence-corrected chi connectivity index (χ2v) is 2.22. The fourth-order valence-electron chi connectivity index (χ4n) is 0.906. The van der Waals surface area contributed by atoms with Gasteiger partial charge in [-0.2, -0.15) is 0 Å². The maximum Gasteiger partial charge on any atom is 0.258 e. The zero-order valence-corrected chi connectivity index (χ0v) is 5.96. The second-order valence-electron chi connectivity index (χ2n) is 2.22. The van der Waals surface area contributed by atoms with Crippen LogP contribution in [0.1, 0.15) is 6.42 Å². The first-order valence-corrected chi connectivity index (χ1v) is 3.00. The molecule has 0 aromatic rings. The summed E-state index contributed by atoms with van der Waals surface area (Å²) in [5.41, 5.74) is 0. The van der Waals surface area contributed by atoms with Crippen molar-refractivity contribution in [3.05, 3.63) is 0 Å². The summed E-state index contributed by atoms with van der Waals surface area (Å²) in [7, 11) is 2.89. The number of likely N-dealkylation sites (tertiary alicyclic amines) is 1. The minimum atomic E-state index is -0.544. The monoisotopic (exact) mass is 143 g/mol. The van der Waals surface area contributed by atoms with Crippen LogP contribution < -0.4 is 0 Å². The number of nitrogens with zero attached hydrogens (tertiary/aromatic N) is 1. The third-order valence-corrected chi connectivity index (χ3v) is 1.62. The molecule has 0 aromatic heterocycles. The van der Waals surface area contributed by atoms with E-state index in [0.29, 0.717) is 0 Å². The van der Waals surface area contributed by atoms with Gasteiger partial charge in [0.25, 0.3) is 5.91 Å². The van der Waals surface area contributed by atoms with E-state index < -0.39 is 6.10 Å². The van der Waals surface area contributed by atoms with E-state index in [0.717, 1.165) is 4.90 Å². The van der Waals surface area contributed by atoms with E-state index in [1.54, 1.807) is 0 Å². The molecule has 0 radical (unpaired) electrons. The van der Waals surface area contributed by atoms with Crippen molar-refractivity contribution < 1.29 is 14.3 Å². The molecule has 2 amide bonds. The Morgan fingerprint density at radius 3 is 2.40 bits per heavy atom. The molecule has 1 heterocycles. The van der Waals surface area contributed by atoms with Crippen molar-refractivity contribution in [1.29, 1.82) is 0 Å². The van der Waals surface area contributed by atoms with Crippen LogP contribution in [0.2, 0.25) is 0 Å². The van der Waals surface area contributed by atoms with E-state index in [4.69, 9.17) is 4.74 Å². The Morgan fingerprint density at radius 1 is 1.60 bits per heavy atom. The molecule has 10 heavy (non-hydrogen) atoms. The van der Waals surface area contributed by atoms with Crippen molar-refractivity contribution in [1.82, 2.24) is 4.90 Å². The van der Waals surface area contributed by atoms with Crippen molar-refractivity contribution in [2.45, 2.75) is 12.5 Å². The van der Waals surface area contributed by atoms with E-state index >= 15 is 0 Å². The van der Waals surface area contributed by atoms with Gasteiger partial charge in [0.1, 0.15) is 6.10 Å². The Labute approximate surface area is 58.8 Å². The standard InChI is InChI=1S/C6H9NO3/c1-7-5(8)3-4(10-2)6(7)9/h4H,3H2,1-2H3/t4-/m0/s1. The third kappa shape index (κ3) is 0.903. The predicted molar refractivity (Wildman–Crippen MR) is 33.2 cm³/mol. The van der Waals surface area contributed by atoms with Gasteiger partial charge in [-0.1, -0.05) is 0 Å². The van der Waals surface area contributed by atoms with Crippen LogP contribution in [0.4, 0.5) is 0 Å². The van der Waals surface area contributed by atoms with Gasteiger partial charge in [0.15, 0.2) is 0 Å². The van der Waals surface area contributed by atoms with Crippen molar-refractivity contribution in [2.24, 2.45) is 0 Å². The summed E-state index contributed by atoms with van der Waals surface area (Å²) in [6, 6.07) is 0. The lowest BCUT2D eigenvalue weighted by atomic mass is 10.3. The van der Waals surface area contributed by atoms with Crippen molar-refractivity contribution in [3.63, 3.8) is 0 Å². The fourth-order valence-corrected chi connectivity index (χ4v) is 0.906. The predicted octanol–water partition coefficient (Wildman–Crippen LogP) is -0.610. The van der Waals surface area contributed by atoms with Crippen molar-refractivity contribution in [3.8, 4) is 0 Å². The third-order valence-electron chi connectivity index (χ3n) is 1.62. The molecule has 1 rings (SSSR count). The van der Waals surface area contributed by atoms with Gasteiger partial charge in [-0.15, -0.1) is 0 Å². The van der Waals surface area contributed by atoms with Crippen molar-refractivity contribution in [2.75, 3.05) is 14.2 Å². The molecule has 0 unspecified atom stereocenters. The number of amides is 2. The highest BCUT2D eigenvalue weighted by Gasteiger charge is 2.35. The first-order chi connectivity index (χ1) is 4.66. The summed E-state index contributed by atoms with van der Waals surface area (Å²) in [6.07, 6.45) is -0.358. The first-order valence-electron chi connectivity index (χ1n) is 3.00. The molecule has 1 aliphatic rings. The molecule has 4 heteroatoms. The number of likely N-dealkylation sites (N-methyl/N-ethyl adjacent to an activating group) is 1. The topological polar surface area (TPSA) is 46.6 Å². The van der Waals surface area contributed by atoms with Crippen LogP contribution in [0.15, 0.2) is 0 Å². The minimum absolute atomic E-state index is 0.170.